The van der Waals surface area contributed by atoms with Gasteiger partial charge in [-0.15, -0.1) is 0 Å². The average Bonchev–Trinajstić information content (AvgIpc) is 2.61. The highest BCUT2D eigenvalue weighted by Crippen LogP contribution is 2.14. The van der Waals surface area contributed by atoms with Crippen LogP contribution in [0.1, 0.15) is 25.0 Å². The van der Waals surface area contributed by atoms with Crippen LogP contribution in [0.15, 0.2) is 58.7 Å². The van der Waals surface area contributed by atoms with Crippen LogP contribution in [0.5, 0.6) is 0 Å². The minimum Gasteiger partial charge on any atom is -0.388 e. The van der Waals surface area contributed by atoms with Crippen molar-refractivity contribution < 1.29 is 0 Å². The van der Waals surface area contributed by atoms with Gasteiger partial charge in [-0.2, -0.15) is 10.2 Å². The van der Waals surface area contributed by atoms with Crippen LogP contribution in [0.3, 0.4) is 0 Å². The van der Waals surface area contributed by atoms with E-state index >= 15 is 0 Å². The summed E-state index contributed by atoms with van der Waals surface area (Å²) in [6.07, 6.45) is 3.52. The maximum absolute atomic E-state index is 4.11. The first-order chi connectivity index (χ1) is 11.3. The van der Waals surface area contributed by atoms with Crippen LogP contribution in [0.2, 0.25) is 0 Å². The summed E-state index contributed by atoms with van der Waals surface area (Å²) in [5.41, 5.74) is 4.39. The zero-order valence-corrected chi connectivity index (χ0v) is 14.0. The standard InChI is InChI=1S/C19H24N4/c1-4-23(5-2)19-12-8-17(9-13-19)15-22-21-14-16-6-10-18(20-3)11-7-16/h6-15,20H,4-5H2,1-3H3/b21-14+,22-15+. The van der Waals surface area contributed by atoms with E-state index < -0.39 is 0 Å². The van der Waals surface area contributed by atoms with Crippen molar-refractivity contribution in [3.05, 3.63) is 59.7 Å². The zero-order valence-electron chi connectivity index (χ0n) is 14.0. The summed E-state index contributed by atoms with van der Waals surface area (Å²) >= 11 is 0. The van der Waals surface area contributed by atoms with Crippen molar-refractivity contribution in [2.45, 2.75) is 13.8 Å². The molecule has 0 amide bonds. The van der Waals surface area contributed by atoms with Crippen LogP contribution in [0, 0.1) is 0 Å². The smallest absolute Gasteiger partial charge is 0.0568 e. The van der Waals surface area contributed by atoms with E-state index in [0.717, 1.165) is 29.9 Å². The van der Waals surface area contributed by atoms with Crippen molar-refractivity contribution in [2.75, 3.05) is 30.4 Å². The molecule has 0 spiro atoms. The van der Waals surface area contributed by atoms with Crippen molar-refractivity contribution in [3.8, 4) is 0 Å². The molecule has 2 aromatic carbocycles. The van der Waals surface area contributed by atoms with Gasteiger partial charge in [0.25, 0.3) is 0 Å². The highest BCUT2D eigenvalue weighted by atomic mass is 15.2. The van der Waals surface area contributed by atoms with Gasteiger partial charge in [-0.3, -0.25) is 0 Å². The molecule has 0 aliphatic heterocycles. The van der Waals surface area contributed by atoms with Crippen molar-refractivity contribution in [3.63, 3.8) is 0 Å². The Bertz CT molecular complexity index is 638. The fourth-order valence-electron chi connectivity index (χ4n) is 2.30. The molecule has 0 fully saturated rings. The predicted octanol–water partition coefficient (Wildman–Crippen LogP) is 4.03. The van der Waals surface area contributed by atoms with E-state index in [1.807, 2.05) is 31.3 Å². The first kappa shape index (κ1) is 16.7. The summed E-state index contributed by atoms with van der Waals surface area (Å²) in [5, 5.41) is 11.3. The van der Waals surface area contributed by atoms with E-state index in [1.165, 1.54) is 5.69 Å². The number of rotatable bonds is 7. The Morgan fingerprint density at radius 1 is 0.826 bits per heavy atom. The Morgan fingerprint density at radius 2 is 1.30 bits per heavy atom. The van der Waals surface area contributed by atoms with Crippen molar-refractivity contribution in [1.29, 1.82) is 0 Å². The first-order valence-electron chi connectivity index (χ1n) is 7.96. The second-order valence-corrected chi connectivity index (χ2v) is 5.12. The average molecular weight is 308 g/mol. The van der Waals surface area contributed by atoms with Gasteiger partial charge in [0, 0.05) is 31.5 Å². The van der Waals surface area contributed by atoms with Crippen molar-refractivity contribution >= 4 is 23.8 Å². The minimum absolute atomic E-state index is 1.01. The summed E-state index contributed by atoms with van der Waals surface area (Å²) < 4.78 is 0. The van der Waals surface area contributed by atoms with Gasteiger partial charge in [-0.05, 0) is 49.2 Å². The normalized spacial score (nSPS) is 11.3. The molecule has 0 atom stereocenters. The Kier molecular flexibility index (Phi) is 6.36. The molecule has 0 aliphatic rings. The number of nitrogens with zero attached hydrogens (tertiary/aromatic N) is 3. The van der Waals surface area contributed by atoms with Gasteiger partial charge in [0.2, 0.25) is 0 Å². The molecule has 0 unspecified atom stereocenters. The van der Waals surface area contributed by atoms with Crippen molar-refractivity contribution in [1.82, 2.24) is 0 Å². The van der Waals surface area contributed by atoms with Crippen molar-refractivity contribution in [2.24, 2.45) is 10.2 Å². The molecule has 0 radical (unpaired) electrons. The summed E-state index contributed by atoms with van der Waals surface area (Å²) in [5.74, 6) is 0. The molecule has 23 heavy (non-hydrogen) atoms. The summed E-state index contributed by atoms with van der Waals surface area (Å²) in [7, 11) is 1.90. The van der Waals surface area contributed by atoms with Crippen LogP contribution in [-0.4, -0.2) is 32.6 Å². The second-order valence-electron chi connectivity index (χ2n) is 5.12. The van der Waals surface area contributed by atoms with Gasteiger partial charge in [0.1, 0.15) is 0 Å². The quantitative estimate of drug-likeness (QED) is 0.620. The lowest BCUT2D eigenvalue weighted by molar-refractivity contribution is 0.866. The van der Waals surface area contributed by atoms with E-state index in [0.29, 0.717) is 0 Å². The molecule has 2 aromatic rings. The molecule has 0 saturated carbocycles. The lowest BCUT2D eigenvalue weighted by Gasteiger charge is -2.20. The zero-order chi connectivity index (χ0) is 16.5. The second kappa shape index (κ2) is 8.73. The van der Waals surface area contributed by atoms with E-state index in [1.54, 1.807) is 12.4 Å². The topological polar surface area (TPSA) is 40.0 Å². The van der Waals surface area contributed by atoms with Crippen LogP contribution < -0.4 is 10.2 Å². The molecule has 2 rings (SSSR count). The molecule has 4 nitrogen and oxygen atoms in total. The van der Waals surface area contributed by atoms with Gasteiger partial charge < -0.3 is 10.2 Å². The fraction of sp³-hybridized carbons (Fsp3) is 0.263. The van der Waals surface area contributed by atoms with E-state index in [-0.39, 0.29) is 0 Å². The molecule has 120 valence electrons. The number of anilines is 2. The summed E-state index contributed by atoms with van der Waals surface area (Å²) in [6.45, 7) is 6.36. The number of nitrogens with one attached hydrogen (secondary N) is 1. The van der Waals surface area contributed by atoms with Crippen LogP contribution in [0.4, 0.5) is 11.4 Å². The fourth-order valence-corrected chi connectivity index (χ4v) is 2.30. The molecule has 0 bridgehead atoms. The van der Waals surface area contributed by atoms with Gasteiger partial charge in [-0.1, -0.05) is 24.3 Å². The minimum atomic E-state index is 1.01. The Balaban J connectivity index is 1.95. The van der Waals surface area contributed by atoms with E-state index in [2.05, 4.69) is 58.5 Å². The van der Waals surface area contributed by atoms with Gasteiger partial charge in [-0.25, -0.2) is 0 Å². The first-order valence-corrected chi connectivity index (χ1v) is 7.96. The molecule has 4 heteroatoms. The molecular weight excluding hydrogens is 284 g/mol. The Labute approximate surface area is 138 Å². The molecular formula is C19H24N4. The predicted molar refractivity (Wildman–Crippen MR) is 101 cm³/mol. The number of hydrogen-bond donors (Lipinski definition) is 1. The molecule has 0 heterocycles. The molecule has 0 saturated heterocycles. The largest absolute Gasteiger partial charge is 0.388 e. The third kappa shape index (κ3) is 4.95. The lowest BCUT2D eigenvalue weighted by atomic mass is 10.2. The maximum Gasteiger partial charge on any atom is 0.0568 e. The third-order valence-corrected chi connectivity index (χ3v) is 3.70. The molecule has 1 N–H and O–H groups in total. The lowest BCUT2D eigenvalue weighted by Crippen LogP contribution is -2.21. The van der Waals surface area contributed by atoms with E-state index in [4.69, 9.17) is 0 Å². The molecule has 0 aromatic heterocycles. The maximum atomic E-state index is 4.11. The summed E-state index contributed by atoms with van der Waals surface area (Å²) in [6, 6.07) is 16.4. The van der Waals surface area contributed by atoms with Gasteiger partial charge in [0.15, 0.2) is 0 Å². The molecule has 0 aliphatic carbocycles. The monoisotopic (exact) mass is 308 g/mol. The summed E-state index contributed by atoms with van der Waals surface area (Å²) in [4.78, 5) is 2.31. The van der Waals surface area contributed by atoms with Crippen LogP contribution >= 0.6 is 0 Å². The number of hydrogen-bond acceptors (Lipinski definition) is 4. The SMILES string of the molecule is CCN(CC)c1ccc(/C=N/N=C/c2ccc(NC)cc2)cc1. The highest BCUT2D eigenvalue weighted by Gasteiger charge is 2.00. The van der Waals surface area contributed by atoms with E-state index in [9.17, 15) is 0 Å². The van der Waals surface area contributed by atoms with Crippen LogP contribution in [-0.2, 0) is 0 Å². The Hall–Kier alpha value is -2.62. The van der Waals surface area contributed by atoms with Gasteiger partial charge in [0.05, 0.1) is 12.4 Å². The van der Waals surface area contributed by atoms with Gasteiger partial charge >= 0.3 is 0 Å². The third-order valence-electron chi connectivity index (χ3n) is 3.70. The van der Waals surface area contributed by atoms with Crippen LogP contribution in [0.25, 0.3) is 0 Å². The number of benzene rings is 2. The highest BCUT2D eigenvalue weighted by molar-refractivity contribution is 5.83. The Morgan fingerprint density at radius 3 is 1.74 bits per heavy atom.